The minimum atomic E-state index is -4.44. The SMILES string of the molecule is Cc1cccc(CSc2nc(C(F)(F)F)ccc2CN)c1. The van der Waals surface area contributed by atoms with Gasteiger partial charge in [-0.3, -0.25) is 0 Å². The molecule has 0 fully saturated rings. The Bertz CT molecular complexity index is 627. The first-order chi connectivity index (χ1) is 9.90. The predicted octanol–water partition coefficient (Wildman–Crippen LogP) is 4.16. The van der Waals surface area contributed by atoms with Crippen molar-refractivity contribution < 1.29 is 13.2 Å². The summed E-state index contributed by atoms with van der Waals surface area (Å²) in [5.74, 6) is 0.559. The zero-order valence-corrected chi connectivity index (χ0v) is 12.3. The lowest BCUT2D eigenvalue weighted by atomic mass is 10.2. The van der Waals surface area contributed by atoms with Crippen LogP contribution in [-0.2, 0) is 18.5 Å². The highest BCUT2D eigenvalue weighted by Gasteiger charge is 2.32. The summed E-state index contributed by atoms with van der Waals surface area (Å²) in [6, 6.07) is 10.2. The van der Waals surface area contributed by atoms with Crippen LogP contribution in [0.1, 0.15) is 22.4 Å². The summed E-state index contributed by atoms with van der Waals surface area (Å²) in [7, 11) is 0. The Morgan fingerprint density at radius 1 is 1.19 bits per heavy atom. The molecule has 2 nitrogen and oxygen atoms in total. The van der Waals surface area contributed by atoms with E-state index in [9.17, 15) is 13.2 Å². The number of alkyl halides is 3. The molecular weight excluding hydrogens is 297 g/mol. The fourth-order valence-electron chi connectivity index (χ4n) is 1.86. The summed E-state index contributed by atoms with van der Waals surface area (Å²) in [4.78, 5) is 3.71. The van der Waals surface area contributed by atoms with E-state index >= 15 is 0 Å². The molecule has 0 aliphatic carbocycles. The first kappa shape index (κ1) is 15.9. The van der Waals surface area contributed by atoms with Crippen molar-refractivity contribution in [3.63, 3.8) is 0 Å². The highest BCUT2D eigenvalue weighted by Crippen LogP contribution is 2.32. The fourth-order valence-corrected chi connectivity index (χ4v) is 2.84. The number of nitrogens with zero attached hydrogens (tertiary/aromatic N) is 1. The van der Waals surface area contributed by atoms with E-state index in [-0.39, 0.29) is 6.54 Å². The van der Waals surface area contributed by atoms with Gasteiger partial charge in [-0.1, -0.05) is 35.9 Å². The molecule has 0 saturated carbocycles. The van der Waals surface area contributed by atoms with Crippen LogP contribution in [0.15, 0.2) is 41.4 Å². The quantitative estimate of drug-likeness (QED) is 0.862. The summed E-state index contributed by atoms with van der Waals surface area (Å²) < 4.78 is 38.2. The molecule has 1 aromatic carbocycles. The third-order valence-electron chi connectivity index (χ3n) is 2.91. The Morgan fingerprint density at radius 2 is 1.95 bits per heavy atom. The zero-order valence-electron chi connectivity index (χ0n) is 11.4. The van der Waals surface area contributed by atoms with Crippen molar-refractivity contribution in [3.8, 4) is 0 Å². The molecule has 112 valence electrons. The lowest BCUT2D eigenvalue weighted by Crippen LogP contribution is -2.10. The molecule has 0 unspecified atom stereocenters. The van der Waals surface area contributed by atoms with Gasteiger partial charge >= 0.3 is 6.18 Å². The summed E-state index contributed by atoms with van der Waals surface area (Å²) in [5.41, 5.74) is 7.47. The Balaban J connectivity index is 2.21. The van der Waals surface area contributed by atoms with E-state index in [2.05, 4.69) is 4.98 Å². The minimum Gasteiger partial charge on any atom is -0.326 e. The molecule has 2 rings (SSSR count). The Kier molecular flexibility index (Phi) is 4.90. The van der Waals surface area contributed by atoms with Crippen LogP contribution in [0.5, 0.6) is 0 Å². The second kappa shape index (κ2) is 6.49. The van der Waals surface area contributed by atoms with Gasteiger partial charge in [0.25, 0.3) is 0 Å². The number of aryl methyl sites for hydroxylation is 1. The maximum Gasteiger partial charge on any atom is 0.433 e. The van der Waals surface area contributed by atoms with Crippen LogP contribution in [0.25, 0.3) is 0 Å². The van der Waals surface area contributed by atoms with Crippen LogP contribution < -0.4 is 5.73 Å². The van der Waals surface area contributed by atoms with Crippen molar-refractivity contribution in [2.45, 2.75) is 30.4 Å². The topological polar surface area (TPSA) is 38.9 Å². The van der Waals surface area contributed by atoms with Gasteiger partial charge in [0.1, 0.15) is 10.7 Å². The van der Waals surface area contributed by atoms with Gasteiger partial charge in [0.2, 0.25) is 0 Å². The average Bonchev–Trinajstić information content (AvgIpc) is 2.44. The van der Waals surface area contributed by atoms with E-state index in [1.54, 1.807) is 0 Å². The molecule has 2 N–H and O–H groups in total. The van der Waals surface area contributed by atoms with Crippen LogP contribution in [0.4, 0.5) is 13.2 Å². The monoisotopic (exact) mass is 312 g/mol. The van der Waals surface area contributed by atoms with Gasteiger partial charge in [0.15, 0.2) is 0 Å². The molecule has 0 radical (unpaired) electrons. The zero-order chi connectivity index (χ0) is 15.5. The molecule has 0 spiro atoms. The average molecular weight is 312 g/mol. The van der Waals surface area contributed by atoms with Crippen molar-refractivity contribution in [3.05, 3.63) is 58.8 Å². The van der Waals surface area contributed by atoms with Crippen molar-refractivity contribution in [1.29, 1.82) is 0 Å². The van der Waals surface area contributed by atoms with Crippen molar-refractivity contribution in [2.75, 3.05) is 0 Å². The smallest absolute Gasteiger partial charge is 0.326 e. The van der Waals surface area contributed by atoms with E-state index in [0.29, 0.717) is 16.3 Å². The third kappa shape index (κ3) is 4.22. The molecule has 0 amide bonds. The summed E-state index contributed by atoms with van der Waals surface area (Å²) >= 11 is 1.27. The fraction of sp³-hybridized carbons (Fsp3) is 0.267. The highest BCUT2D eigenvalue weighted by atomic mass is 32.2. The first-order valence-corrected chi connectivity index (χ1v) is 7.34. The van der Waals surface area contributed by atoms with Gasteiger partial charge in [-0.05, 0) is 24.1 Å². The predicted molar refractivity (Wildman–Crippen MR) is 77.9 cm³/mol. The molecule has 0 atom stereocenters. The van der Waals surface area contributed by atoms with Crippen LogP contribution in [0.3, 0.4) is 0 Å². The minimum absolute atomic E-state index is 0.168. The van der Waals surface area contributed by atoms with Crippen molar-refractivity contribution in [1.82, 2.24) is 4.98 Å². The molecule has 2 aromatic rings. The van der Waals surface area contributed by atoms with Gasteiger partial charge in [0.05, 0.1) is 0 Å². The number of aromatic nitrogens is 1. The lowest BCUT2D eigenvalue weighted by molar-refractivity contribution is -0.141. The van der Waals surface area contributed by atoms with E-state index in [1.165, 1.54) is 17.8 Å². The Hall–Kier alpha value is -1.53. The van der Waals surface area contributed by atoms with Gasteiger partial charge in [0, 0.05) is 12.3 Å². The summed E-state index contributed by atoms with van der Waals surface area (Å²) in [6.07, 6.45) is -4.44. The number of rotatable bonds is 4. The Labute approximate surface area is 125 Å². The normalized spacial score (nSPS) is 11.7. The number of halogens is 3. The van der Waals surface area contributed by atoms with Crippen molar-refractivity contribution in [2.24, 2.45) is 5.73 Å². The third-order valence-corrected chi connectivity index (χ3v) is 4.01. The number of pyridine rings is 1. The van der Waals surface area contributed by atoms with Crippen LogP contribution in [-0.4, -0.2) is 4.98 Å². The van der Waals surface area contributed by atoms with Gasteiger partial charge in [-0.2, -0.15) is 13.2 Å². The standard InChI is InChI=1S/C15H15F3N2S/c1-10-3-2-4-11(7-10)9-21-14-12(8-19)5-6-13(20-14)15(16,17)18/h2-7H,8-9,19H2,1H3. The maximum absolute atomic E-state index is 12.7. The summed E-state index contributed by atoms with van der Waals surface area (Å²) in [6.45, 7) is 2.14. The number of hydrogen-bond donors (Lipinski definition) is 1. The summed E-state index contributed by atoms with van der Waals surface area (Å²) in [5, 5.41) is 0.342. The molecule has 6 heteroatoms. The molecule has 0 saturated heterocycles. The lowest BCUT2D eigenvalue weighted by Gasteiger charge is -2.11. The molecular formula is C15H15F3N2S. The molecule has 21 heavy (non-hydrogen) atoms. The molecule has 1 aromatic heterocycles. The van der Waals surface area contributed by atoms with E-state index in [1.807, 2.05) is 31.2 Å². The van der Waals surface area contributed by atoms with E-state index < -0.39 is 11.9 Å². The molecule has 1 heterocycles. The van der Waals surface area contributed by atoms with Crippen LogP contribution in [0.2, 0.25) is 0 Å². The molecule has 0 aliphatic heterocycles. The van der Waals surface area contributed by atoms with Crippen LogP contribution in [0, 0.1) is 6.92 Å². The second-order valence-electron chi connectivity index (χ2n) is 4.64. The first-order valence-electron chi connectivity index (χ1n) is 6.35. The second-order valence-corrected chi connectivity index (χ2v) is 5.60. The van der Waals surface area contributed by atoms with Crippen LogP contribution >= 0.6 is 11.8 Å². The van der Waals surface area contributed by atoms with Gasteiger partial charge in [-0.25, -0.2) is 4.98 Å². The number of thioether (sulfide) groups is 1. The van der Waals surface area contributed by atoms with E-state index in [0.717, 1.165) is 17.2 Å². The van der Waals surface area contributed by atoms with Gasteiger partial charge in [-0.15, -0.1) is 11.8 Å². The number of hydrogen-bond acceptors (Lipinski definition) is 3. The molecule has 0 bridgehead atoms. The van der Waals surface area contributed by atoms with Gasteiger partial charge < -0.3 is 5.73 Å². The van der Waals surface area contributed by atoms with Crippen molar-refractivity contribution >= 4 is 11.8 Å². The highest BCUT2D eigenvalue weighted by molar-refractivity contribution is 7.98. The molecule has 0 aliphatic rings. The largest absolute Gasteiger partial charge is 0.433 e. The number of nitrogens with two attached hydrogens (primary N) is 1. The van der Waals surface area contributed by atoms with E-state index in [4.69, 9.17) is 5.73 Å². The number of benzene rings is 1. The maximum atomic E-state index is 12.7. The Morgan fingerprint density at radius 3 is 2.57 bits per heavy atom.